The van der Waals surface area contributed by atoms with Crippen LogP contribution in [0.2, 0.25) is 0 Å². The molecule has 0 spiro atoms. The van der Waals surface area contributed by atoms with E-state index >= 15 is 0 Å². The molecule has 0 atom stereocenters. The van der Waals surface area contributed by atoms with Crippen LogP contribution in [0.15, 0.2) is 29.2 Å². The highest BCUT2D eigenvalue weighted by atomic mass is 32.2. The van der Waals surface area contributed by atoms with Gasteiger partial charge in [0.1, 0.15) is 5.00 Å². The summed E-state index contributed by atoms with van der Waals surface area (Å²) in [6, 6.07) is 4.54. The van der Waals surface area contributed by atoms with Crippen LogP contribution in [-0.4, -0.2) is 67.8 Å². The molecule has 12 nitrogen and oxygen atoms in total. The van der Waals surface area contributed by atoms with E-state index in [2.05, 4.69) is 5.32 Å². The molecule has 14 heteroatoms. The predicted molar refractivity (Wildman–Crippen MR) is 155 cm³/mol. The Morgan fingerprint density at radius 2 is 1.66 bits per heavy atom. The number of rotatable bonds is 10. The zero-order valence-corrected chi connectivity index (χ0v) is 25.5. The van der Waals surface area contributed by atoms with Crippen LogP contribution in [0.5, 0.6) is 0 Å². The Hall–Kier alpha value is -3.49. The van der Waals surface area contributed by atoms with Gasteiger partial charge in [-0.05, 0) is 55.0 Å². The van der Waals surface area contributed by atoms with E-state index in [-0.39, 0.29) is 52.6 Å². The second-order valence-corrected chi connectivity index (χ2v) is 13.5. The Kier molecular flexibility index (Phi) is 10.5. The first-order valence-corrected chi connectivity index (χ1v) is 15.6. The SMILES string of the molecule is CCOC(=O)N1CCc2c(sc(NC(=O)c3ccc(S(=O)(=O)N(CC(C)C)CC(C)C)cc3)c2C(=O)NC(N)=O)C1. The van der Waals surface area contributed by atoms with E-state index in [1.54, 1.807) is 6.92 Å². The number of nitrogens with one attached hydrogen (secondary N) is 2. The average Bonchev–Trinajstić information content (AvgIpc) is 3.24. The van der Waals surface area contributed by atoms with E-state index in [4.69, 9.17) is 10.5 Å². The van der Waals surface area contributed by atoms with Crippen LogP contribution in [0.25, 0.3) is 0 Å². The number of nitrogens with two attached hydrogens (primary N) is 1. The Morgan fingerprint density at radius 1 is 1.05 bits per heavy atom. The van der Waals surface area contributed by atoms with Crippen molar-refractivity contribution in [2.75, 3.05) is 31.6 Å². The first kappa shape index (κ1) is 32.0. The summed E-state index contributed by atoms with van der Waals surface area (Å²) >= 11 is 1.11. The number of benzene rings is 1. The van der Waals surface area contributed by atoms with Crippen molar-refractivity contribution in [2.45, 2.75) is 52.5 Å². The smallest absolute Gasteiger partial charge is 0.410 e. The fraction of sp³-hybridized carbons (Fsp3) is 0.481. The van der Waals surface area contributed by atoms with Crippen molar-refractivity contribution in [3.05, 3.63) is 45.8 Å². The van der Waals surface area contributed by atoms with Gasteiger partial charge in [0, 0.05) is 30.1 Å². The molecule has 0 saturated carbocycles. The van der Waals surface area contributed by atoms with E-state index in [0.29, 0.717) is 30.0 Å². The van der Waals surface area contributed by atoms with Crippen molar-refractivity contribution in [2.24, 2.45) is 17.6 Å². The number of carbonyl (C=O) groups is 4. The van der Waals surface area contributed by atoms with Gasteiger partial charge in [0.05, 0.1) is 23.6 Å². The quantitative estimate of drug-likeness (QED) is 0.371. The number of amides is 5. The number of primary amides is 1. The molecule has 1 aliphatic heterocycles. The number of ether oxygens (including phenoxy) is 1. The summed E-state index contributed by atoms with van der Waals surface area (Å²) in [6.45, 7) is 10.9. The number of urea groups is 1. The number of thiophene rings is 1. The lowest BCUT2D eigenvalue weighted by atomic mass is 10.0. The fourth-order valence-electron chi connectivity index (χ4n) is 4.46. The summed E-state index contributed by atoms with van der Waals surface area (Å²) in [5, 5.41) is 4.94. The minimum atomic E-state index is -3.78. The van der Waals surface area contributed by atoms with Gasteiger partial charge in [-0.25, -0.2) is 18.0 Å². The highest BCUT2D eigenvalue weighted by Crippen LogP contribution is 2.37. The molecule has 1 aliphatic rings. The second-order valence-electron chi connectivity index (χ2n) is 10.5. The van der Waals surface area contributed by atoms with Crippen LogP contribution in [0.4, 0.5) is 14.6 Å². The molecule has 2 heterocycles. The van der Waals surface area contributed by atoms with Gasteiger partial charge in [-0.1, -0.05) is 27.7 Å². The Bertz CT molecular complexity index is 1390. The molecular weight excluding hydrogens is 570 g/mol. The number of imide groups is 1. The van der Waals surface area contributed by atoms with Gasteiger partial charge in [0.2, 0.25) is 10.0 Å². The topological polar surface area (TPSA) is 168 Å². The van der Waals surface area contributed by atoms with E-state index in [0.717, 1.165) is 11.3 Å². The Labute approximate surface area is 244 Å². The Morgan fingerprint density at radius 3 is 2.20 bits per heavy atom. The second kappa shape index (κ2) is 13.4. The van der Waals surface area contributed by atoms with Crippen LogP contribution in [0, 0.1) is 11.8 Å². The number of hydrogen-bond acceptors (Lipinski definition) is 8. The van der Waals surface area contributed by atoms with Crippen LogP contribution in [0.1, 0.15) is 65.8 Å². The number of carbonyl (C=O) groups excluding carboxylic acids is 4. The molecule has 2 aromatic rings. The number of hydrogen-bond donors (Lipinski definition) is 3. The first-order chi connectivity index (χ1) is 19.2. The molecule has 0 fully saturated rings. The largest absolute Gasteiger partial charge is 0.450 e. The maximum atomic E-state index is 13.3. The third kappa shape index (κ3) is 7.83. The standard InChI is InChI=1S/C27H37N5O7S2/c1-6-39-27(36)31-12-11-20-21(15-31)40-25(22(20)24(34)30-26(28)35)29-23(33)18-7-9-19(10-8-18)41(37,38)32(13-16(2)3)14-17(4)5/h7-10,16-17H,6,11-15H2,1-5H3,(H,29,33)(H3,28,30,34,35). The lowest BCUT2D eigenvalue weighted by Crippen LogP contribution is -2.38. The monoisotopic (exact) mass is 607 g/mol. The third-order valence-electron chi connectivity index (χ3n) is 6.17. The maximum absolute atomic E-state index is 13.3. The molecule has 5 amide bonds. The van der Waals surface area contributed by atoms with Crippen molar-refractivity contribution in [3.63, 3.8) is 0 Å². The number of sulfonamides is 1. The molecule has 0 saturated heterocycles. The minimum absolute atomic E-state index is 0.0718. The number of anilines is 1. The van der Waals surface area contributed by atoms with Crippen molar-refractivity contribution in [1.29, 1.82) is 0 Å². The summed E-state index contributed by atoms with van der Waals surface area (Å²) in [5.74, 6) is -1.08. The first-order valence-electron chi connectivity index (χ1n) is 13.3. The summed E-state index contributed by atoms with van der Waals surface area (Å²) < 4.78 is 33.2. The molecule has 0 radical (unpaired) electrons. The number of nitrogens with zero attached hydrogens (tertiary/aromatic N) is 2. The summed E-state index contributed by atoms with van der Waals surface area (Å²) in [6.07, 6.45) is -0.187. The molecular formula is C27H37N5O7S2. The highest BCUT2D eigenvalue weighted by Gasteiger charge is 2.32. The van der Waals surface area contributed by atoms with Gasteiger partial charge in [0.15, 0.2) is 0 Å². The van der Waals surface area contributed by atoms with Gasteiger partial charge in [-0.2, -0.15) is 4.31 Å². The molecule has 1 aromatic carbocycles. The van der Waals surface area contributed by atoms with Gasteiger partial charge in [0.25, 0.3) is 11.8 Å². The Balaban J connectivity index is 1.88. The lowest BCUT2D eigenvalue weighted by molar-refractivity contribution is 0.0965. The van der Waals surface area contributed by atoms with Crippen molar-refractivity contribution >= 4 is 50.3 Å². The number of fused-ring (bicyclic) bond motifs is 1. The van der Waals surface area contributed by atoms with Crippen LogP contribution >= 0.6 is 11.3 Å². The zero-order valence-electron chi connectivity index (χ0n) is 23.9. The van der Waals surface area contributed by atoms with E-state index in [1.807, 2.05) is 33.0 Å². The normalized spacial score (nSPS) is 13.3. The molecule has 0 bridgehead atoms. The summed E-state index contributed by atoms with van der Waals surface area (Å²) in [7, 11) is -3.78. The van der Waals surface area contributed by atoms with Crippen LogP contribution < -0.4 is 16.4 Å². The molecule has 41 heavy (non-hydrogen) atoms. The molecule has 3 rings (SSSR count). The van der Waals surface area contributed by atoms with Gasteiger partial charge < -0.3 is 20.7 Å². The van der Waals surface area contributed by atoms with Crippen LogP contribution in [0.3, 0.4) is 0 Å². The van der Waals surface area contributed by atoms with Gasteiger partial charge in [-0.15, -0.1) is 11.3 Å². The van der Waals surface area contributed by atoms with Gasteiger partial charge >= 0.3 is 12.1 Å². The van der Waals surface area contributed by atoms with E-state index in [9.17, 15) is 27.6 Å². The van der Waals surface area contributed by atoms with Gasteiger partial charge in [-0.3, -0.25) is 14.9 Å². The summed E-state index contributed by atoms with van der Waals surface area (Å²) in [4.78, 5) is 51.9. The molecule has 4 N–H and O–H groups in total. The minimum Gasteiger partial charge on any atom is -0.450 e. The van der Waals surface area contributed by atoms with Crippen molar-refractivity contribution in [3.8, 4) is 0 Å². The highest BCUT2D eigenvalue weighted by molar-refractivity contribution is 7.89. The predicted octanol–water partition coefficient (Wildman–Crippen LogP) is 3.63. The van der Waals surface area contributed by atoms with E-state index < -0.39 is 34.0 Å². The third-order valence-corrected chi connectivity index (χ3v) is 9.14. The summed E-state index contributed by atoms with van der Waals surface area (Å²) in [5.41, 5.74) is 6.02. The zero-order chi connectivity index (χ0) is 30.5. The molecule has 0 unspecified atom stereocenters. The van der Waals surface area contributed by atoms with E-state index in [1.165, 1.54) is 33.5 Å². The molecule has 0 aliphatic carbocycles. The fourth-order valence-corrected chi connectivity index (χ4v) is 7.49. The lowest BCUT2D eigenvalue weighted by Gasteiger charge is -2.26. The molecule has 1 aromatic heterocycles. The maximum Gasteiger partial charge on any atom is 0.410 e. The van der Waals surface area contributed by atoms with Crippen molar-refractivity contribution < 1.29 is 32.3 Å². The van der Waals surface area contributed by atoms with Crippen molar-refractivity contribution in [1.82, 2.24) is 14.5 Å². The molecule has 224 valence electrons. The average molecular weight is 608 g/mol. The van der Waals surface area contributed by atoms with Crippen LogP contribution in [-0.2, 0) is 27.7 Å².